The van der Waals surface area contributed by atoms with Crippen molar-refractivity contribution in [3.8, 4) is 0 Å². The minimum atomic E-state index is -0.799. The molecule has 0 radical (unpaired) electrons. The van der Waals surface area contributed by atoms with Gasteiger partial charge in [0.2, 0.25) is 0 Å². The molecule has 17 heavy (non-hydrogen) atoms. The lowest BCUT2D eigenvalue weighted by molar-refractivity contribution is -0.158. The minimum Gasteiger partial charge on any atom is -0.465 e. The number of cyclic esters (lactones) is 1. The first-order valence-electron chi connectivity index (χ1n) is 6.56. The predicted molar refractivity (Wildman–Crippen MR) is 63.2 cm³/mol. The van der Waals surface area contributed by atoms with Gasteiger partial charge in [-0.3, -0.25) is 4.79 Å². The highest BCUT2D eigenvalue weighted by molar-refractivity contribution is 5.80. The molecule has 0 bridgehead atoms. The van der Waals surface area contributed by atoms with Crippen molar-refractivity contribution in [1.82, 2.24) is 0 Å². The Kier molecular flexibility index (Phi) is 2.22. The van der Waals surface area contributed by atoms with E-state index in [4.69, 9.17) is 4.74 Å². The standard InChI is InChI=1S/C14H20O3/c1-9-3-4-11-13(2)10(8-17-12(13)15)5-6-14(11,16)7-9/h5-6,9-11,16H,3-4,7-8H2,1-2H3/t9-,10+,11+,13-,14-/m0/s1. The quantitative estimate of drug-likeness (QED) is 0.516. The van der Waals surface area contributed by atoms with Crippen LogP contribution in [0.2, 0.25) is 0 Å². The van der Waals surface area contributed by atoms with Crippen molar-refractivity contribution >= 4 is 5.97 Å². The fourth-order valence-electron chi connectivity index (χ4n) is 4.09. The Bertz CT molecular complexity index is 389. The summed E-state index contributed by atoms with van der Waals surface area (Å²) in [7, 11) is 0. The molecule has 3 nitrogen and oxygen atoms in total. The molecular formula is C14H20O3. The van der Waals surface area contributed by atoms with E-state index in [-0.39, 0.29) is 17.8 Å². The number of aliphatic hydroxyl groups is 1. The molecule has 0 aromatic heterocycles. The predicted octanol–water partition coefficient (Wildman–Crippen LogP) is 1.90. The van der Waals surface area contributed by atoms with Crippen LogP contribution in [-0.4, -0.2) is 23.3 Å². The number of rotatable bonds is 0. The lowest BCUT2D eigenvalue weighted by Gasteiger charge is -2.50. The second kappa shape index (κ2) is 3.35. The van der Waals surface area contributed by atoms with Crippen molar-refractivity contribution in [3.05, 3.63) is 12.2 Å². The van der Waals surface area contributed by atoms with Crippen LogP contribution in [0.25, 0.3) is 0 Å². The normalized spacial score (nSPS) is 52.9. The Morgan fingerprint density at radius 1 is 1.47 bits per heavy atom. The van der Waals surface area contributed by atoms with Gasteiger partial charge >= 0.3 is 5.97 Å². The zero-order chi connectivity index (χ0) is 12.3. The maximum Gasteiger partial charge on any atom is 0.312 e. The molecule has 2 fully saturated rings. The van der Waals surface area contributed by atoms with Gasteiger partial charge in [-0.1, -0.05) is 25.5 Å². The molecule has 0 aromatic carbocycles. The Balaban J connectivity index is 2.04. The van der Waals surface area contributed by atoms with Crippen molar-refractivity contribution < 1.29 is 14.6 Å². The van der Waals surface area contributed by atoms with E-state index in [1.165, 1.54) is 0 Å². The zero-order valence-corrected chi connectivity index (χ0v) is 10.5. The van der Waals surface area contributed by atoms with Gasteiger partial charge in [-0.15, -0.1) is 0 Å². The first-order chi connectivity index (χ1) is 7.97. The molecule has 3 aliphatic rings. The maximum atomic E-state index is 12.0. The molecule has 1 saturated carbocycles. The summed E-state index contributed by atoms with van der Waals surface area (Å²) in [6.07, 6.45) is 6.71. The van der Waals surface area contributed by atoms with Crippen molar-refractivity contribution in [2.24, 2.45) is 23.2 Å². The van der Waals surface area contributed by atoms with E-state index >= 15 is 0 Å². The summed E-state index contributed by atoms with van der Waals surface area (Å²) in [5.41, 5.74) is -1.31. The molecule has 3 rings (SSSR count). The van der Waals surface area contributed by atoms with Crippen LogP contribution < -0.4 is 0 Å². The van der Waals surface area contributed by atoms with Crippen LogP contribution in [0.1, 0.15) is 33.1 Å². The van der Waals surface area contributed by atoms with Crippen molar-refractivity contribution in [3.63, 3.8) is 0 Å². The second-order valence-corrected chi connectivity index (χ2v) is 6.28. The number of carbonyl (C=O) groups is 1. The summed E-state index contributed by atoms with van der Waals surface area (Å²) in [4.78, 5) is 12.0. The lowest BCUT2D eigenvalue weighted by Crippen LogP contribution is -2.55. The first kappa shape index (κ1) is 11.3. The molecule has 0 unspecified atom stereocenters. The van der Waals surface area contributed by atoms with Crippen molar-refractivity contribution in [1.29, 1.82) is 0 Å². The van der Waals surface area contributed by atoms with Crippen LogP contribution >= 0.6 is 0 Å². The molecule has 1 saturated heterocycles. The fraction of sp³-hybridized carbons (Fsp3) is 0.786. The van der Waals surface area contributed by atoms with Crippen LogP contribution in [0.5, 0.6) is 0 Å². The number of hydrogen-bond donors (Lipinski definition) is 1. The molecule has 2 aliphatic carbocycles. The van der Waals surface area contributed by atoms with E-state index in [1.807, 2.05) is 19.1 Å². The van der Waals surface area contributed by atoms with Crippen LogP contribution in [0.4, 0.5) is 0 Å². The molecule has 94 valence electrons. The molecular weight excluding hydrogens is 216 g/mol. The van der Waals surface area contributed by atoms with Crippen LogP contribution in [0, 0.1) is 23.2 Å². The fourth-order valence-corrected chi connectivity index (χ4v) is 4.09. The topological polar surface area (TPSA) is 46.5 Å². The van der Waals surface area contributed by atoms with E-state index in [0.29, 0.717) is 12.5 Å². The third-order valence-electron chi connectivity index (χ3n) is 5.17. The summed E-state index contributed by atoms with van der Waals surface area (Å²) in [6.45, 7) is 4.62. The average molecular weight is 236 g/mol. The van der Waals surface area contributed by atoms with E-state index in [1.54, 1.807) is 0 Å². The van der Waals surface area contributed by atoms with Crippen molar-refractivity contribution in [2.45, 2.75) is 38.7 Å². The van der Waals surface area contributed by atoms with E-state index < -0.39 is 11.0 Å². The Hall–Kier alpha value is -0.830. The van der Waals surface area contributed by atoms with Gasteiger partial charge < -0.3 is 9.84 Å². The van der Waals surface area contributed by atoms with Gasteiger partial charge in [-0.2, -0.15) is 0 Å². The molecule has 0 spiro atoms. The monoisotopic (exact) mass is 236 g/mol. The second-order valence-electron chi connectivity index (χ2n) is 6.28. The first-order valence-corrected chi connectivity index (χ1v) is 6.56. The SMILES string of the molecule is C[C@H]1CC[C@@H]2[C@@]3(C)C(=O)OC[C@H]3C=C[C@]2(O)C1. The van der Waals surface area contributed by atoms with Crippen LogP contribution in [0.15, 0.2) is 12.2 Å². The highest BCUT2D eigenvalue weighted by Crippen LogP contribution is 2.56. The summed E-state index contributed by atoms with van der Waals surface area (Å²) >= 11 is 0. The van der Waals surface area contributed by atoms with E-state index in [9.17, 15) is 9.90 Å². The highest BCUT2D eigenvalue weighted by Gasteiger charge is 2.61. The molecule has 0 aromatic rings. The van der Waals surface area contributed by atoms with Crippen LogP contribution in [0.3, 0.4) is 0 Å². The Labute approximate surface area is 102 Å². The summed E-state index contributed by atoms with van der Waals surface area (Å²) in [5, 5.41) is 10.8. The number of ether oxygens (including phenoxy) is 1. The van der Waals surface area contributed by atoms with Gasteiger partial charge in [0.25, 0.3) is 0 Å². The summed E-state index contributed by atoms with van der Waals surface area (Å²) in [6, 6.07) is 0. The molecule has 5 atom stereocenters. The largest absolute Gasteiger partial charge is 0.465 e. The number of fused-ring (bicyclic) bond motifs is 3. The summed E-state index contributed by atoms with van der Waals surface area (Å²) < 4.78 is 5.22. The average Bonchev–Trinajstić information content (AvgIpc) is 2.54. The smallest absolute Gasteiger partial charge is 0.312 e. The van der Waals surface area contributed by atoms with Gasteiger partial charge in [0.15, 0.2) is 0 Å². The zero-order valence-electron chi connectivity index (χ0n) is 10.5. The van der Waals surface area contributed by atoms with Gasteiger partial charge in [-0.05, 0) is 25.7 Å². The third-order valence-corrected chi connectivity index (χ3v) is 5.17. The number of carbonyl (C=O) groups excluding carboxylic acids is 1. The van der Waals surface area contributed by atoms with Crippen LogP contribution in [-0.2, 0) is 9.53 Å². The number of esters is 1. The molecule has 1 N–H and O–H groups in total. The third kappa shape index (κ3) is 1.35. The van der Waals surface area contributed by atoms with Gasteiger partial charge in [0.1, 0.15) is 0 Å². The van der Waals surface area contributed by atoms with Crippen molar-refractivity contribution in [2.75, 3.05) is 6.61 Å². The summed E-state index contributed by atoms with van der Waals surface area (Å²) in [5.74, 6) is 0.577. The Morgan fingerprint density at radius 3 is 3.00 bits per heavy atom. The van der Waals surface area contributed by atoms with E-state index in [0.717, 1.165) is 19.3 Å². The number of hydrogen-bond acceptors (Lipinski definition) is 3. The maximum absolute atomic E-state index is 12.0. The van der Waals surface area contributed by atoms with E-state index in [2.05, 4.69) is 6.92 Å². The minimum absolute atomic E-state index is 0.0243. The van der Waals surface area contributed by atoms with Gasteiger partial charge in [0.05, 0.1) is 17.6 Å². The highest BCUT2D eigenvalue weighted by atomic mass is 16.5. The lowest BCUT2D eigenvalue weighted by atomic mass is 9.54. The molecule has 1 aliphatic heterocycles. The molecule has 3 heteroatoms. The molecule has 0 amide bonds. The van der Waals surface area contributed by atoms with Gasteiger partial charge in [-0.25, -0.2) is 0 Å². The molecule has 1 heterocycles. The van der Waals surface area contributed by atoms with Gasteiger partial charge in [0, 0.05) is 11.8 Å². The Morgan fingerprint density at radius 2 is 2.24 bits per heavy atom.